The van der Waals surface area contributed by atoms with Gasteiger partial charge in [0.1, 0.15) is 0 Å². The zero-order valence-corrected chi connectivity index (χ0v) is 12.3. The monoisotopic (exact) mass is 280 g/mol. The molecule has 0 amide bonds. The predicted molar refractivity (Wildman–Crippen MR) is 78.9 cm³/mol. The number of ketones is 1. The van der Waals surface area contributed by atoms with Crippen molar-refractivity contribution in [3.63, 3.8) is 0 Å². The Balaban J connectivity index is 2.05. The second-order valence-electron chi connectivity index (χ2n) is 5.20. The number of carbonyl (C=O) groups is 1. The van der Waals surface area contributed by atoms with Gasteiger partial charge >= 0.3 is 0 Å². The van der Waals surface area contributed by atoms with E-state index in [0.29, 0.717) is 16.6 Å². The van der Waals surface area contributed by atoms with Gasteiger partial charge in [-0.05, 0) is 52.0 Å². The molecule has 3 nitrogen and oxygen atoms in total. The maximum absolute atomic E-state index is 12.5. The van der Waals surface area contributed by atoms with Gasteiger partial charge in [-0.3, -0.25) is 9.69 Å². The van der Waals surface area contributed by atoms with Crippen LogP contribution in [0.15, 0.2) is 24.3 Å². The minimum Gasteiger partial charge on any atom is -0.317 e. The molecule has 1 fully saturated rings. The molecule has 0 radical (unpaired) electrons. The summed E-state index contributed by atoms with van der Waals surface area (Å²) in [6.45, 7) is 4.05. The van der Waals surface area contributed by atoms with Crippen LogP contribution in [0.2, 0.25) is 5.02 Å². The van der Waals surface area contributed by atoms with Gasteiger partial charge in [0.05, 0.1) is 6.04 Å². The van der Waals surface area contributed by atoms with E-state index >= 15 is 0 Å². The van der Waals surface area contributed by atoms with Crippen LogP contribution in [0.5, 0.6) is 0 Å². The van der Waals surface area contributed by atoms with E-state index in [1.807, 2.05) is 26.1 Å². The van der Waals surface area contributed by atoms with Gasteiger partial charge in [0, 0.05) is 16.6 Å². The lowest BCUT2D eigenvalue weighted by atomic mass is 9.99. The Morgan fingerprint density at radius 3 is 2.74 bits per heavy atom. The van der Waals surface area contributed by atoms with Gasteiger partial charge in [-0.25, -0.2) is 0 Å². The normalized spacial score (nSPS) is 18.5. The summed E-state index contributed by atoms with van der Waals surface area (Å²) in [6, 6.07) is 7.57. The predicted octanol–water partition coefficient (Wildman–Crippen LogP) is 2.60. The molecule has 0 bridgehead atoms. The summed E-state index contributed by atoms with van der Waals surface area (Å²) in [4.78, 5) is 14.7. The van der Waals surface area contributed by atoms with E-state index in [1.165, 1.54) is 0 Å². The number of hydrogen-bond acceptors (Lipinski definition) is 3. The molecular formula is C15H21ClN2O. The van der Waals surface area contributed by atoms with Crippen molar-refractivity contribution in [2.24, 2.45) is 0 Å². The highest BCUT2D eigenvalue weighted by molar-refractivity contribution is 6.31. The number of halogens is 1. The summed E-state index contributed by atoms with van der Waals surface area (Å²) in [5.41, 5.74) is 0.695. The minimum atomic E-state index is -0.110. The zero-order valence-electron chi connectivity index (χ0n) is 11.5. The van der Waals surface area contributed by atoms with Crippen molar-refractivity contribution in [1.82, 2.24) is 10.2 Å². The number of likely N-dealkylation sites (N-methyl/N-ethyl adjacent to an activating group) is 1. The quantitative estimate of drug-likeness (QED) is 0.861. The standard InChI is InChI=1S/C15H21ClN2O/c1-11(18(2)14-6-8-17-9-7-14)15(19)12-4-3-5-13(16)10-12/h3-5,10-11,14,17H,6-9H2,1-2H3. The Labute approximate surface area is 119 Å². The maximum Gasteiger partial charge on any atom is 0.179 e. The first-order valence-corrected chi connectivity index (χ1v) is 7.20. The largest absolute Gasteiger partial charge is 0.317 e. The van der Waals surface area contributed by atoms with Gasteiger partial charge in [-0.15, -0.1) is 0 Å². The molecule has 0 aliphatic carbocycles. The first-order valence-electron chi connectivity index (χ1n) is 6.82. The Hall–Kier alpha value is -0.900. The Morgan fingerprint density at radius 2 is 2.11 bits per heavy atom. The molecule has 1 aromatic carbocycles. The van der Waals surface area contributed by atoms with Crippen molar-refractivity contribution in [3.05, 3.63) is 34.9 Å². The summed E-state index contributed by atoms with van der Waals surface area (Å²) in [6.07, 6.45) is 2.20. The Morgan fingerprint density at radius 1 is 1.42 bits per heavy atom. The minimum absolute atomic E-state index is 0.110. The fourth-order valence-corrected chi connectivity index (χ4v) is 2.79. The third-order valence-corrected chi connectivity index (χ3v) is 4.22. The van der Waals surface area contributed by atoms with Crippen molar-refractivity contribution in [1.29, 1.82) is 0 Å². The van der Waals surface area contributed by atoms with Crippen LogP contribution in [0, 0.1) is 0 Å². The zero-order chi connectivity index (χ0) is 13.8. The van der Waals surface area contributed by atoms with E-state index in [0.717, 1.165) is 25.9 Å². The van der Waals surface area contributed by atoms with Crippen LogP contribution in [0.1, 0.15) is 30.1 Å². The molecule has 1 N–H and O–H groups in total. The molecule has 1 atom stereocenters. The van der Waals surface area contributed by atoms with Crippen molar-refractivity contribution in [2.75, 3.05) is 20.1 Å². The first-order chi connectivity index (χ1) is 9.09. The fraction of sp³-hybridized carbons (Fsp3) is 0.533. The average Bonchev–Trinajstić information content (AvgIpc) is 2.46. The highest BCUT2D eigenvalue weighted by atomic mass is 35.5. The van der Waals surface area contributed by atoms with E-state index in [-0.39, 0.29) is 11.8 Å². The lowest BCUT2D eigenvalue weighted by molar-refractivity contribution is 0.0786. The highest BCUT2D eigenvalue weighted by Gasteiger charge is 2.26. The van der Waals surface area contributed by atoms with E-state index in [4.69, 9.17) is 11.6 Å². The molecule has 1 heterocycles. The number of nitrogens with one attached hydrogen (secondary N) is 1. The lowest BCUT2D eigenvalue weighted by Crippen LogP contribution is -2.47. The van der Waals surface area contributed by atoms with Crippen LogP contribution < -0.4 is 5.32 Å². The first kappa shape index (κ1) is 14.5. The van der Waals surface area contributed by atoms with Gasteiger partial charge in [-0.1, -0.05) is 23.7 Å². The molecule has 1 saturated heterocycles. The summed E-state index contributed by atoms with van der Waals surface area (Å²) >= 11 is 5.95. The summed E-state index contributed by atoms with van der Waals surface area (Å²) < 4.78 is 0. The smallest absolute Gasteiger partial charge is 0.179 e. The summed E-state index contributed by atoms with van der Waals surface area (Å²) in [5, 5.41) is 3.96. The Kier molecular flexibility index (Phi) is 4.97. The van der Waals surface area contributed by atoms with Gasteiger partial charge in [0.15, 0.2) is 5.78 Å². The van der Waals surface area contributed by atoms with Crippen LogP contribution >= 0.6 is 11.6 Å². The van der Waals surface area contributed by atoms with Crippen LogP contribution in [-0.4, -0.2) is 42.9 Å². The number of piperidine rings is 1. The van der Waals surface area contributed by atoms with Gasteiger partial charge in [-0.2, -0.15) is 0 Å². The van der Waals surface area contributed by atoms with Gasteiger partial charge in [0.25, 0.3) is 0 Å². The third-order valence-electron chi connectivity index (χ3n) is 3.98. The molecule has 1 aliphatic heterocycles. The number of hydrogen-bond donors (Lipinski definition) is 1. The van der Waals surface area contributed by atoms with Crippen molar-refractivity contribution in [2.45, 2.75) is 31.8 Å². The highest BCUT2D eigenvalue weighted by Crippen LogP contribution is 2.18. The fourth-order valence-electron chi connectivity index (χ4n) is 2.60. The van der Waals surface area contributed by atoms with Crippen LogP contribution in [0.3, 0.4) is 0 Å². The van der Waals surface area contributed by atoms with Crippen molar-refractivity contribution < 1.29 is 4.79 Å². The molecule has 1 aliphatic rings. The number of nitrogens with zero attached hydrogens (tertiary/aromatic N) is 1. The molecule has 4 heteroatoms. The van der Waals surface area contributed by atoms with Gasteiger partial charge < -0.3 is 5.32 Å². The van der Waals surface area contributed by atoms with E-state index in [1.54, 1.807) is 12.1 Å². The van der Waals surface area contributed by atoms with E-state index in [2.05, 4.69) is 10.2 Å². The molecule has 19 heavy (non-hydrogen) atoms. The van der Waals surface area contributed by atoms with E-state index < -0.39 is 0 Å². The molecule has 104 valence electrons. The maximum atomic E-state index is 12.5. The molecule has 0 saturated carbocycles. The SMILES string of the molecule is CC(C(=O)c1cccc(Cl)c1)N(C)C1CCNCC1. The van der Waals surface area contributed by atoms with Gasteiger partial charge in [0.2, 0.25) is 0 Å². The van der Waals surface area contributed by atoms with Crippen molar-refractivity contribution >= 4 is 17.4 Å². The van der Waals surface area contributed by atoms with Crippen LogP contribution in [-0.2, 0) is 0 Å². The molecule has 1 unspecified atom stereocenters. The second kappa shape index (κ2) is 6.51. The molecule has 1 aromatic rings. The summed E-state index contributed by atoms with van der Waals surface area (Å²) in [7, 11) is 2.04. The lowest BCUT2D eigenvalue weighted by Gasteiger charge is -2.35. The summed E-state index contributed by atoms with van der Waals surface area (Å²) in [5.74, 6) is 0.142. The van der Waals surface area contributed by atoms with E-state index in [9.17, 15) is 4.79 Å². The Bertz CT molecular complexity index is 444. The number of rotatable bonds is 4. The second-order valence-corrected chi connectivity index (χ2v) is 5.63. The van der Waals surface area contributed by atoms with Crippen LogP contribution in [0.4, 0.5) is 0 Å². The molecular weight excluding hydrogens is 260 g/mol. The number of Topliss-reactive ketones (excluding diaryl/α,β-unsaturated/α-hetero) is 1. The van der Waals surface area contributed by atoms with Crippen molar-refractivity contribution in [3.8, 4) is 0 Å². The number of benzene rings is 1. The molecule has 0 spiro atoms. The topological polar surface area (TPSA) is 32.3 Å². The third kappa shape index (κ3) is 3.56. The number of carbonyl (C=O) groups excluding carboxylic acids is 1. The average molecular weight is 281 g/mol. The van der Waals surface area contributed by atoms with Crippen LogP contribution in [0.25, 0.3) is 0 Å². The molecule has 0 aromatic heterocycles. The molecule has 2 rings (SSSR count).